The van der Waals surface area contributed by atoms with Crippen LogP contribution in [0.5, 0.6) is 5.75 Å². The molecule has 1 aliphatic heterocycles. The minimum absolute atomic E-state index is 0.105. The molecular weight excluding hydrogens is 388 g/mol. The van der Waals surface area contributed by atoms with Crippen molar-refractivity contribution in [3.05, 3.63) is 51.8 Å². The first kappa shape index (κ1) is 19.5. The molecule has 142 valence electrons. The Bertz CT molecular complexity index is 1050. The summed E-state index contributed by atoms with van der Waals surface area (Å²) >= 11 is 6.06. The number of benzene rings is 1. The van der Waals surface area contributed by atoms with Crippen molar-refractivity contribution in [1.29, 1.82) is 5.26 Å². The number of halogens is 1. The lowest BCUT2D eigenvalue weighted by Gasteiger charge is -2.16. The van der Waals surface area contributed by atoms with Crippen molar-refractivity contribution in [3.63, 3.8) is 0 Å². The van der Waals surface area contributed by atoms with Crippen LogP contribution in [0.3, 0.4) is 0 Å². The summed E-state index contributed by atoms with van der Waals surface area (Å²) in [6.45, 7) is 3.49. The molecule has 1 aromatic heterocycles. The van der Waals surface area contributed by atoms with Gasteiger partial charge in [-0.2, -0.15) is 5.26 Å². The Morgan fingerprint density at radius 1 is 1.37 bits per heavy atom. The maximum Gasteiger partial charge on any atom is 0.202 e. The van der Waals surface area contributed by atoms with Gasteiger partial charge in [0.2, 0.25) is 5.78 Å². The van der Waals surface area contributed by atoms with Crippen LogP contribution in [0.15, 0.2) is 24.3 Å². The summed E-state index contributed by atoms with van der Waals surface area (Å²) in [6.07, 6.45) is 0.559. The first-order valence-electron chi connectivity index (χ1n) is 8.46. The molecule has 0 aliphatic carbocycles. The number of aryl methyl sites for hydroxylation is 1. The van der Waals surface area contributed by atoms with E-state index < -0.39 is 9.84 Å². The van der Waals surface area contributed by atoms with E-state index in [9.17, 15) is 13.2 Å². The van der Waals surface area contributed by atoms with Crippen LogP contribution in [-0.2, 0) is 9.84 Å². The van der Waals surface area contributed by atoms with Crippen molar-refractivity contribution >= 4 is 27.2 Å². The van der Waals surface area contributed by atoms with Crippen molar-refractivity contribution in [3.8, 4) is 11.8 Å². The molecule has 3 rings (SSSR count). The summed E-state index contributed by atoms with van der Waals surface area (Å²) in [4.78, 5) is 12.6. The SMILES string of the molecule is Cc1cc(C(=O)COc2ccc(C#N)cc2Cl)c(C)n1[C@H]1CCS(=O)(=O)C1. The van der Waals surface area contributed by atoms with E-state index >= 15 is 0 Å². The third-order valence-electron chi connectivity index (χ3n) is 4.78. The van der Waals surface area contributed by atoms with Crippen LogP contribution in [0.25, 0.3) is 0 Å². The summed E-state index contributed by atoms with van der Waals surface area (Å²) in [5.41, 5.74) is 2.53. The molecule has 0 radical (unpaired) electrons. The van der Waals surface area contributed by atoms with Crippen molar-refractivity contribution in [2.75, 3.05) is 18.1 Å². The number of hydrogen-bond acceptors (Lipinski definition) is 5. The maximum absolute atomic E-state index is 12.6. The molecule has 0 bridgehead atoms. The predicted octanol–water partition coefficient (Wildman–Crippen LogP) is 3.25. The number of rotatable bonds is 5. The molecule has 2 heterocycles. The number of nitrogens with zero attached hydrogens (tertiary/aromatic N) is 2. The zero-order valence-electron chi connectivity index (χ0n) is 15.0. The van der Waals surface area contributed by atoms with E-state index in [1.165, 1.54) is 6.07 Å². The fourth-order valence-electron chi connectivity index (χ4n) is 3.51. The summed E-state index contributed by atoms with van der Waals surface area (Å²) in [5.74, 6) is 0.405. The smallest absolute Gasteiger partial charge is 0.202 e. The first-order chi connectivity index (χ1) is 12.7. The number of Topliss-reactive ketones (excluding diaryl/α,β-unsaturated/α-hetero) is 1. The van der Waals surface area contributed by atoms with Gasteiger partial charge in [-0.05, 0) is 44.5 Å². The van der Waals surface area contributed by atoms with Crippen LogP contribution in [-0.4, -0.2) is 36.9 Å². The molecule has 1 fully saturated rings. The second kappa shape index (κ2) is 7.37. The van der Waals surface area contributed by atoms with Crippen molar-refractivity contribution in [1.82, 2.24) is 4.57 Å². The van der Waals surface area contributed by atoms with Crippen LogP contribution in [0, 0.1) is 25.2 Å². The molecule has 2 aromatic rings. The summed E-state index contributed by atoms with van der Waals surface area (Å²) in [7, 11) is -3.01. The van der Waals surface area contributed by atoms with Gasteiger partial charge in [0, 0.05) is 23.0 Å². The highest BCUT2D eigenvalue weighted by Crippen LogP contribution is 2.30. The number of aromatic nitrogens is 1. The van der Waals surface area contributed by atoms with Gasteiger partial charge in [-0.15, -0.1) is 0 Å². The zero-order chi connectivity index (χ0) is 19.8. The highest BCUT2D eigenvalue weighted by Gasteiger charge is 2.31. The van der Waals surface area contributed by atoms with Crippen molar-refractivity contribution in [2.24, 2.45) is 0 Å². The van der Waals surface area contributed by atoms with E-state index in [1.54, 1.807) is 18.2 Å². The van der Waals surface area contributed by atoms with Gasteiger partial charge in [-0.1, -0.05) is 11.6 Å². The Morgan fingerprint density at radius 3 is 2.70 bits per heavy atom. The van der Waals surface area contributed by atoms with E-state index in [2.05, 4.69) is 0 Å². The Hall–Kier alpha value is -2.30. The summed E-state index contributed by atoms with van der Waals surface area (Å²) in [5, 5.41) is 9.12. The van der Waals surface area contributed by atoms with Gasteiger partial charge in [0.05, 0.1) is 28.2 Å². The van der Waals surface area contributed by atoms with Gasteiger partial charge in [0.25, 0.3) is 0 Å². The Balaban J connectivity index is 1.76. The Labute approximate surface area is 163 Å². The van der Waals surface area contributed by atoms with Gasteiger partial charge in [-0.3, -0.25) is 4.79 Å². The lowest BCUT2D eigenvalue weighted by molar-refractivity contribution is 0.0921. The molecule has 1 atom stereocenters. The topological polar surface area (TPSA) is 89.2 Å². The number of nitriles is 1. The minimum Gasteiger partial charge on any atom is -0.484 e. The average Bonchev–Trinajstić information content (AvgIpc) is 3.11. The number of hydrogen-bond donors (Lipinski definition) is 0. The standard InChI is InChI=1S/C19H19ClN2O4S/c1-12-7-16(13(2)22(12)15-5-6-27(24,25)11-15)18(23)10-26-19-4-3-14(9-21)8-17(19)20/h3-4,7-8,15H,5-6,10-11H2,1-2H3/t15-/m0/s1. The second-order valence-electron chi connectivity index (χ2n) is 6.68. The zero-order valence-corrected chi connectivity index (χ0v) is 16.6. The molecular formula is C19H19ClN2O4S. The largest absolute Gasteiger partial charge is 0.484 e. The number of carbonyl (C=O) groups excluding carboxylic acids is 1. The van der Waals surface area contributed by atoms with Gasteiger partial charge in [0.1, 0.15) is 5.75 Å². The molecule has 0 amide bonds. The van der Waals surface area contributed by atoms with Crippen LogP contribution in [0.4, 0.5) is 0 Å². The Kier molecular flexibility index (Phi) is 5.31. The number of ketones is 1. The first-order valence-corrected chi connectivity index (χ1v) is 10.7. The number of carbonyl (C=O) groups is 1. The molecule has 1 aromatic carbocycles. The fourth-order valence-corrected chi connectivity index (χ4v) is 5.44. The van der Waals surface area contributed by atoms with Gasteiger partial charge >= 0.3 is 0 Å². The van der Waals surface area contributed by atoms with Crippen LogP contribution in [0.1, 0.15) is 39.8 Å². The quantitative estimate of drug-likeness (QED) is 0.711. The van der Waals surface area contributed by atoms with Gasteiger partial charge in [-0.25, -0.2) is 8.42 Å². The fraction of sp³-hybridized carbons (Fsp3) is 0.368. The molecule has 0 N–H and O–H groups in total. The Morgan fingerprint density at radius 2 is 2.11 bits per heavy atom. The van der Waals surface area contributed by atoms with Gasteiger partial charge < -0.3 is 9.30 Å². The van der Waals surface area contributed by atoms with Crippen LogP contribution >= 0.6 is 11.6 Å². The third-order valence-corrected chi connectivity index (χ3v) is 6.82. The molecule has 27 heavy (non-hydrogen) atoms. The molecule has 8 heteroatoms. The van der Waals surface area contributed by atoms with Crippen LogP contribution in [0.2, 0.25) is 5.02 Å². The molecule has 0 unspecified atom stereocenters. The molecule has 0 spiro atoms. The number of ether oxygens (including phenoxy) is 1. The van der Waals surface area contributed by atoms with E-state index in [0.29, 0.717) is 23.3 Å². The van der Waals surface area contributed by atoms with E-state index in [-0.39, 0.29) is 35.0 Å². The minimum atomic E-state index is -3.01. The normalized spacial score (nSPS) is 18.2. The average molecular weight is 407 g/mol. The third kappa shape index (κ3) is 4.02. The second-order valence-corrected chi connectivity index (χ2v) is 9.32. The lowest BCUT2D eigenvalue weighted by atomic mass is 10.1. The van der Waals surface area contributed by atoms with Gasteiger partial charge in [0.15, 0.2) is 16.4 Å². The van der Waals surface area contributed by atoms with E-state index in [1.807, 2.05) is 24.5 Å². The van der Waals surface area contributed by atoms with Crippen LogP contribution < -0.4 is 4.74 Å². The maximum atomic E-state index is 12.6. The molecule has 1 aliphatic rings. The lowest BCUT2D eigenvalue weighted by Crippen LogP contribution is -2.16. The number of sulfone groups is 1. The highest BCUT2D eigenvalue weighted by atomic mass is 35.5. The monoisotopic (exact) mass is 406 g/mol. The summed E-state index contributed by atoms with van der Waals surface area (Å²) < 4.78 is 31.0. The highest BCUT2D eigenvalue weighted by molar-refractivity contribution is 7.91. The van der Waals surface area contributed by atoms with Crippen molar-refractivity contribution in [2.45, 2.75) is 26.3 Å². The van der Waals surface area contributed by atoms with E-state index in [0.717, 1.165) is 11.4 Å². The molecule has 1 saturated heterocycles. The molecule has 6 nitrogen and oxygen atoms in total. The summed E-state index contributed by atoms with van der Waals surface area (Å²) in [6, 6.07) is 8.22. The molecule has 0 saturated carbocycles. The van der Waals surface area contributed by atoms with Crippen molar-refractivity contribution < 1.29 is 17.9 Å². The van der Waals surface area contributed by atoms with E-state index in [4.69, 9.17) is 21.6 Å². The predicted molar refractivity (Wildman–Crippen MR) is 102 cm³/mol.